The molecular weight excluding hydrogens is 342 g/mol. The van der Waals surface area contributed by atoms with Gasteiger partial charge < -0.3 is 9.30 Å². The molecule has 124 valence electrons. The van der Waals surface area contributed by atoms with Crippen molar-refractivity contribution in [2.75, 3.05) is 7.11 Å². The van der Waals surface area contributed by atoms with E-state index in [4.69, 9.17) is 16.3 Å². The zero-order chi connectivity index (χ0) is 16.9. The zero-order valence-electron chi connectivity index (χ0n) is 13.6. The van der Waals surface area contributed by atoms with E-state index >= 15 is 0 Å². The fourth-order valence-electron chi connectivity index (χ4n) is 2.41. The van der Waals surface area contributed by atoms with Gasteiger partial charge in [0.2, 0.25) is 0 Å². The maximum Gasteiger partial charge on any atom is 0.191 e. The van der Waals surface area contributed by atoms with Crippen LogP contribution in [0.3, 0.4) is 0 Å². The van der Waals surface area contributed by atoms with Gasteiger partial charge >= 0.3 is 0 Å². The lowest BCUT2D eigenvalue weighted by molar-refractivity contribution is 0.415. The van der Waals surface area contributed by atoms with Gasteiger partial charge in [0.15, 0.2) is 11.0 Å². The second-order valence-electron chi connectivity index (χ2n) is 5.20. The molecule has 6 heteroatoms. The predicted octanol–water partition coefficient (Wildman–Crippen LogP) is 4.92. The Bertz CT molecular complexity index is 817. The minimum absolute atomic E-state index is 0.754. The first-order chi connectivity index (χ1) is 11.7. The first-order valence-electron chi connectivity index (χ1n) is 7.66. The van der Waals surface area contributed by atoms with E-state index in [2.05, 4.69) is 27.8 Å². The van der Waals surface area contributed by atoms with Crippen LogP contribution in [0.4, 0.5) is 0 Å². The van der Waals surface area contributed by atoms with Crippen LogP contribution in [0.2, 0.25) is 5.02 Å². The van der Waals surface area contributed by atoms with Crippen molar-refractivity contribution < 1.29 is 4.74 Å². The molecule has 0 N–H and O–H groups in total. The molecule has 0 radical (unpaired) electrons. The highest BCUT2D eigenvalue weighted by Crippen LogP contribution is 2.27. The number of rotatable bonds is 6. The van der Waals surface area contributed by atoms with Gasteiger partial charge in [-0.05, 0) is 48.9 Å². The molecule has 0 aliphatic rings. The van der Waals surface area contributed by atoms with E-state index in [0.29, 0.717) is 0 Å². The van der Waals surface area contributed by atoms with Gasteiger partial charge in [0.05, 0.1) is 7.11 Å². The first-order valence-corrected chi connectivity index (χ1v) is 9.02. The summed E-state index contributed by atoms with van der Waals surface area (Å²) in [6, 6.07) is 15.8. The predicted molar refractivity (Wildman–Crippen MR) is 98.7 cm³/mol. The van der Waals surface area contributed by atoms with E-state index < -0.39 is 0 Å². The number of thioether (sulfide) groups is 1. The van der Waals surface area contributed by atoms with Gasteiger partial charge in [0.25, 0.3) is 0 Å². The molecule has 0 aliphatic carbocycles. The molecule has 0 amide bonds. The highest BCUT2D eigenvalue weighted by molar-refractivity contribution is 7.98. The summed E-state index contributed by atoms with van der Waals surface area (Å²) >= 11 is 7.70. The van der Waals surface area contributed by atoms with E-state index in [0.717, 1.165) is 39.6 Å². The second kappa shape index (κ2) is 7.73. The Kier molecular flexibility index (Phi) is 5.43. The van der Waals surface area contributed by atoms with E-state index in [-0.39, 0.29) is 0 Å². The molecule has 0 saturated carbocycles. The molecule has 0 unspecified atom stereocenters. The van der Waals surface area contributed by atoms with Gasteiger partial charge in [-0.2, -0.15) is 0 Å². The number of aromatic nitrogens is 3. The molecule has 0 spiro atoms. The van der Waals surface area contributed by atoms with Gasteiger partial charge in [-0.3, -0.25) is 0 Å². The molecule has 24 heavy (non-hydrogen) atoms. The topological polar surface area (TPSA) is 39.9 Å². The first kappa shape index (κ1) is 16.9. The Hall–Kier alpha value is -1.98. The molecular formula is C18H18ClN3OS. The average Bonchev–Trinajstić information content (AvgIpc) is 3.03. The molecule has 0 bridgehead atoms. The van der Waals surface area contributed by atoms with Crippen molar-refractivity contribution in [3.8, 4) is 17.1 Å². The van der Waals surface area contributed by atoms with Crippen LogP contribution in [0.5, 0.6) is 5.75 Å². The monoisotopic (exact) mass is 359 g/mol. The summed E-state index contributed by atoms with van der Waals surface area (Å²) < 4.78 is 7.33. The third-order valence-corrected chi connectivity index (χ3v) is 4.91. The minimum Gasteiger partial charge on any atom is -0.497 e. The van der Waals surface area contributed by atoms with Gasteiger partial charge in [0.1, 0.15) is 5.75 Å². The van der Waals surface area contributed by atoms with Crippen LogP contribution in [0, 0.1) is 0 Å². The Morgan fingerprint density at radius 2 is 1.92 bits per heavy atom. The summed E-state index contributed by atoms with van der Waals surface area (Å²) in [5, 5.41) is 10.4. The Balaban J connectivity index is 1.81. The molecule has 2 aromatic carbocycles. The third-order valence-electron chi connectivity index (χ3n) is 3.64. The van der Waals surface area contributed by atoms with E-state index in [1.165, 1.54) is 5.56 Å². The van der Waals surface area contributed by atoms with Gasteiger partial charge in [-0.25, -0.2) is 0 Å². The summed E-state index contributed by atoms with van der Waals surface area (Å²) in [6.07, 6.45) is 0. The largest absolute Gasteiger partial charge is 0.497 e. The van der Waals surface area contributed by atoms with Crippen LogP contribution in [-0.4, -0.2) is 21.9 Å². The van der Waals surface area contributed by atoms with Gasteiger partial charge in [-0.15, -0.1) is 10.2 Å². The molecule has 3 aromatic rings. The Morgan fingerprint density at radius 1 is 1.12 bits per heavy atom. The number of nitrogens with zero attached hydrogens (tertiary/aromatic N) is 3. The Morgan fingerprint density at radius 3 is 2.58 bits per heavy atom. The maximum atomic E-state index is 6.04. The smallest absolute Gasteiger partial charge is 0.191 e. The van der Waals surface area contributed by atoms with Crippen molar-refractivity contribution in [3.63, 3.8) is 0 Å². The molecule has 1 heterocycles. The third kappa shape index (κ3) is 3.74. The molecule has 0 saturated heterocycles. The van der Waals surface area contributed by atoms with E-state index in [1.807, 2.05) is 42.5 Å². The summed E-state index contributed by atoms with van der Waals surface area (Å²) in [5.74, 6) is 2.51. The molecule has 4 nitrogen and oxygen atoms in total. The lowest BCUT2D eigenvalue weighted by atomic mass is 10.2. The SMILES string of the molecule is CCn1c(SCc2cccc(Cl)c2)nnc1-c1ccc(OC)cc1. The summed E-state index contributed by atoms with van der Waals surface area (Å²) in [4.78, 5) is 0. The minimum atomic E-state index is 0.754. The molecule has 1 aromatic heterocycles. The van der Waals surface area contributed by atoms with Crippen molar-refractivity contribution in [1.29, 1.82) is 0 Å². The number of benzene rings is 2. The standard InChI is InChI=1S/C18H18ClN3OS/c1-3-22-17(14-7-9-16(23-2)10-8-14)20-21-18(22)24-12-13-5-4-6-15(19)11-13/h4-11H,3,12H2,1-2H3. The highest BCUT2D eigenvalue weighted by atomic mass is 35.5. The van der Waals surface area contributed by atoms with Crippen molar-refractivity contribution in [2.45, 2.75) is 24.4 Å². The van der Waals surface area contributed by atoms with Gasteiger partial charge in [-0.1, -0.05) is 35.5 Å². The van der Waals surface area contributed by atoms with Crippen LogP contribution in [-0.2, 0) is 12.3 Å². The number of ether oxygens (including phenoxy) is 1. The lowest BCUT2D eigenvalue weighted by Gasteiger charge is -2.08. The molecule has 3 rings (SSSR count). The fraction of sp³-hybridized carbons (Fsp3) is 0.222. The van der Waals surface area contributed by atoms with Crippen molar-refractivity contribution in [3.05, 3.63) is 59.1 Å². The van der Waals surface area contributed by atoms with Crippen LogP contribution in [0.1, 0.15) is 12.5 Å². The summed E-state index contributed by atoms with van der Waals surface area (Å²) in [6.45, 7) is 2.91. The normalized spacial score (nSPS) is 10.8. The average molecular weight is 360 g/mol. The number of hydrogen-bond acceptors (Lipinski definition) is 4. The van der Waals surface area contributed by atoms with Crippen LogP contribution in [0.25, 0.3) is 11.4 Å². The number of hydrogen-bond donors (Lipinski definition) is 0. The van der Waals surface area contributed by atoms with E-state index in [1.54, 1.807) is 18.9 Å². The van der Waals surface area contributed by atoms with Crippen LogP contribution < -0.4 is 4.74 Å². The second-order valence-corrected chi connectivity index (χ2v) is 6.58. The van der Waals surface area contributed by atoms with E-state index in [9.17, 15) is 0 Å². The summed E-state index contributed by atoms with van der Waals surface area (Å²) in [5.41, 5.74) is 2.20. The molecule has 0 atom stereocenters. The highest BCUT2D eigenvalue weighted by Gasteiger charge is 2.13. The van der Waals surface area contributed by atoms with Crippen molar-refractivity contribution >= 4 is 23.4 Å². The van der Waals surface area contributed by atoms with Crippen LogP contribution >= 0.6 is 23.4 Å². The van der Waals surface area contributed by atoms with Gasteiger partial charge in [0, 0.05) is 22.9 Å². The number of halogens is 1. The zero-order valence-corrected chi connectivity index (χ0v) is 15.1. The maximum absolute atomic E-state index is 6.04. The van der Waals surface area contributed by atoms with Crippen LogP contribution in [0.15, 0.2) is 53.7 Å². The summed E-state index contributed by atoms with van der Waals surface area (Å²) in [7, 11) is 1.66. The Labute approximate surface area is 150 Å². The molecule has 0 fully saturated rings. The fourth-order valence-corrected chi connectivity index (χ4v) is 3.57. The molecule has 0 aliphatic heterocycles. The number of methoxy groups -OCH3 is 1. The quantitative estimate of drug-likeness (QED) is 0.586. The van der Waals surface area contributed by atoms with Crippen molar-refractivity contribution in [2.24, 2.45) is 0 Å². The van der Waals surface area contributed by atoms with Crippen molar-refractivity contribution in [1.82, 2.24) is 14.8 Å². The lowest BCUT2D eigenvalue weighted by Crippen LogP contribution is -2.00.